The molecule has 6 nitrogen and oxygen atoms in total. The Hall–Kier alpha value is -2.44. The van der Waals surface area contributed by atoms with Crippen molar-refractivity contribution in [2.24, 2.45) is 0 Å². The number of nitrogens with two attached hydrogens (primary N) is 1. The molecule has 2 aromatic rings. The monoisotopic (exact) mass is 378 g/mol. The maximum atomic E-state index is 12.9. The summed E-state index contributed by atoms with van der Waals surface area (Å²) in [6, 6.07) is 4.21. The first kappa shape index (κ1) is 17.9. The topological polar surface area (TPSA) is 93.8 Å². The summed E-state index contributed by atoms with van der Waals surface area (Å²) in [7, 11) is 0. The maximum Gasteiger partial charge on any atom is 0.435 e. The Morgan fingerprint density at radius 3 is 2.33 bits per heavy atom. The van der Waals surface area contributed by atoms with Crippen LogP contribution in [-0.2, 0) is 6.18 Å². The lowest BCUT2D eigenvalue weighted by molar-refractivity contribution is -0.143. The molecule has 0 unspecified atom stereocenters. The van der Waals surface area contributed by atoms with E-state index in [0.717, 1.165) is 0 Å². The number of hydrogen-bond donors (Lipinski definition) is 1. The number of alkyl halides is 3. The summed E-state index contributed by atoms with van der Waals surface area (Å²) in [4.78, 5) is 24.3. The van der Waals surface area contributed by atoms with Crippen LogP contribution in [0.25, 0.3) is 5.69 Å². The molecule has 1 heterocycles. The van der Waals surface area contributed by atoms with Crippen LogP contribution < -0.4 is 17.1 Å². The van der Waals surface area contributed by atoms with Crippen LogP contribution in [0.5, 0.6) is 0 Å². The van der Waals surface area contributed by atoms with E-state index in [4.69, 9.17) is 34.3 Å². The summed E-state index contributed by atoms with van der Waals surface area (Å²) in [6.45, 7) is 1.50. The predicted octanol–water partition coefficient (Wildman–Crippen LogP) is 2.22. The Morgan fingerprint density at radius 2 is 1.83 bits per heavy atom. The second kappa shape index (κ2) is 5.89. The summed E-state index contributed by atoms with van der Waals surface area (Å²) in [5.41, 5.74) is -4.40. The van der Waals surface area contributed by atoms with Crippen molar-refractivity contribution >= 4 is 23.2 Å². The normalized spacial score (nSPS) is 11.4. The third-order valence-electron chi connectivity index (χ3n) is 3.16. The van der Waals surface area contributed by atoms with Crippen LogP contribution in [0.1, 0.15) is 16.8 Å². The zero-order chi connectivity index (χ0) is 18.4. The SMILES string of the molecule is Cc1cc(-n2c(=O)c(Cl)c(C(F)(F)F)n(N)c2=O)c(Cl)cc1C#N. The fourth-order valence-corrected chi connectivity index (χ4v) is 2.56. The number of hydrogen-bond acceptors (Lipinski definition) is 4. The molecule has 0 aliphatic heterocycles. The van der Waals surface area contributed by atoms with E-state index in [1.807, 2.05) is 6.07 Å². The highest BCUT2D eigenvalue weighted by molar-refractivity contribution is 6.32. The van der Waals surface area contributed by atoms with Gasteiger partial charge in [0.1, 0.15) is 5.02 Å². The molecule has 0 radical (unpaired) electrons. The lowest BCUT2D eigenvalue weighted by atomic mass is 10.1. The van der Waals surface area contributed by atoms with Crippen LogP contribution in [0.2, 0.25) is 10.0 Å². The summed E-state index contributed by atoms with van der Waals surface area (Å²) in [6.07, 6.45) is -5.10. The van der Waals surface area contributed by atoms with Gasteiger partial charge in [0.15, 0.2) is 5.69 Å². The number of aryl methyl sites for hydroxylation is 1. The molecule has 0 saturated heterocycles. The quantitative estimate of drug-likeness (QED) is 0.769. The van der Waals surface area contributed by atoms with Crippen molar-refractivity contribution in [3.8, 4) is 11.8 Å². The van der Waals surface area contributed by atoms with Crippen LogP contribution >= 0.6 is 23.2 Å². The van der Waals surface area contributed by atoms with E-state index in [1.165, 1.54) is 19.1 Å². The van der Waals surface area contributed by atoms with Gasteiger partial charge in [0.2, 0.25) is 0 Å². The molecule has 0 saturated carbocycles. The standard InChI is InChI=1S/C13H7Cl2F3N4O2/c1-5-2-8(7(14)3-6(5)4-19)21-11(23)9(15)10(13(16,17)18)22(20)12(21)24/h2-3H,20H2,1H3. The largest absolute Gasteiger partial charge is 0.435 e. The third kappa shape index (κ3) is 2.74. The second-order valence-corrected chi connectivity index (χ2v) is 5.47. The van der Waals surface area contributed by atoms with E-state index < -0.39 is 28.1 Å². The average Bonchev–Trinajstić information content (AvgIpc) is 2.47. The van der Waals surface area contributed by atoms with E-state index in [0.29, 0.717) is 10.1 Å². The molecule has 2 N–H and O–H groups in total. The van der Waals surface area contributed by atoms with Crippen molar-refractivity contribution in [3.05, 3.63) is 59.8 Å². The molecule has 0 fully saturated rings. The smallest absolute Gasteiger partial charge is 0.335 e. The summed E-state index contributed by atoms with van der Waals surface area (Å²) < 4.78 is 38.8. The van der Waals surface area contributed by atoms with Gasteiger partial charge in [-0.05, 0) is 24.6 Å². The van der Waals surface area contributed by atoms with E-state index in [9.17, 15) is 22.8 Å². The van der Waals surface area contributed by atoms with Crippen LogP contribution in [0.15, 0.2) is 21.7 Å². The van der Waals surface area contributed by atoms with Crippen molar-refractivity contribution in [2.75, 3.05) is 5.84 Å². The van der Waals surface area contributed by atoms with Gasteiger partial charge in [-0.2, -0.15) is 18.4 Å². The molecule has 2 rings (SSSR count). The van der Waals surface area contributed by atoms with E-state index >= 15 is 0 Å². The molecule has 1 aromatic carbocycles. The third-order valence-corrected chi connectivity index (χ3v) is 3.80. The lowest BCUT2D eigenvalue weighted by Gasteiger charge is -2.16. The molecule has 11 heteroatoms. The molecule has 0 atom stereocenters. The van der Waals surface area contributed by atoms with Gasteiger partial charge in [-0.1, -0.05) is 23.2 Å². The van der Waals surface area contributed by atoms with E-state index in [1.54, 1.807) is 0 Å². The highest BCUT2D eigenvalue weighted by Crippen LogP contribution is 2.32. The molecule has 0 aliphatic rings. The van der Waals surface area contributed by atoms with Gasteiger partial charge in [0.05, 0.1) is 22.3 Å². The highest BCUT2D eigenvalue weighted by Gasteiger charge is 2.39. The molecule has 1 aromatic heterocycles. The van der Waals surface area contributed by atoms with Crippen LogP contribution in [-0.4, -0.2) is 9.24 Å². The minimum atomic E-state index is -5.10. The first-order valence-corrected chi connectivity index (χ1v) is 6.86. The molecule has 126 valence electrons. The fourth-order valence-electron chi connectivity index (χ4n) is 2.03. The summed E-state index contributed by atoms with van der Waals surface area (Å²) in [5, 5.41) is 7.44. The summed E-state index contributed by atoms with van der Waals surface area (Å²) in [5.74, 6) is 5.17. The van der Waals surface area contributed by atoms with Crippen LogP contribution in [0.4, 0.5) is 13.2 Å². The van der Waals surface area contributed by atoms with Crippen LogP contribution in [0, 0.1) is 18.3 Å². The highest BCUT2D eigenvalue weighted by atomic mass is 35.5. The second-order valence-electron chi connectivity index (χ2n) is 4.68. The molecular formula is C13H7Cl2F3N4O2. The van der Waals surface area contributed by atoms with E-state index in [-0.39, 0.29) is 20.9 Å². The molecule has 24 heavy (non-hydrogen) atoms. The number of nitriles is 1. The first-order valence-electron chi connectivity index (χ1n) is 6.11. The van der Waals surface area contributed by atoms with E-state index in [2.05, 4.69) is 0 Å². The minimum absolute atomic E-state index is 0.169. The van der Waals surface area contributed by atoms with Gasteiger partial charge in [-0.25, -0.2) is 14.0 Å². The van der Waals surface area contributed by atoms with Crippen LogP contribution in [0.3, 0.4) is 0 Å². The van der Waals surface area contributed by atoms with Crippen molar-refractivity contribution in [1.82, 2.24) is 9.24 Å². The van der Waals surface area contributed by atoms with Crippen molar-refractivity contribution in [2.45, 2.75) is 13.1 Å². The molecule has 0 spiro atoms. The van der Waals surface area contributed by atoms with Crippen molar-refractivity contribution in [3.63, 3.8) is 0 Å². The maximum absolute atomic E-state index is 12.9. The van der Waals surface area contributed by atoms with Crippen molar-refractivity contribution < 1.29 is 13.2 Å². The zero-order valence-corrected chi connectivity index (χ0v) is 13.3. The number of halogens is 5. The number of nitrogens with zero attached hydrogens (tertiary/aromatic N) is 3. The Bertz CT molecular complexity index is 965. The number of aromatic nitrogens is 2. The zero-order valence-electron chi connectivity index (χ0n) is 11.8. The van der Waals surface area contributed by atoms with Gasteiger partial charge in [0, 0.05) is 0 Å². The Labute approximate surface area is 142 Å². The van der Waals surface area contributed by atoms with Crippen molar-refractivity contribution in [1.29, 1.82) is 5.26 Å². The van der Waals surface area contributed by atoms with Gasteiger partial charge >= 0.3 is 11.9 Å². The van der Waals surface area contributed by atoms with Gasteiger partial charge in [0.25, 0.3) is 5.56 Å². The number of nitrogen functional groups attached to an aromatic ring is 1. The molecule has 0 amide bonds. The lowest BCUT2D eigenvalue weighted by Crippen LogP contribution is -2.46. The molecular weight excluding hydrogens is 372 g/mol. The molecule has 0 aliphatic carbocycles. The van der Waals surface area contributed by atoms with Gasteiger partial charge in [-0.15, -0.1) is 0 Å². The average molecular weight is 379 g/mol. The number of rotatable bonds is 1. The predicted molar refractivity (Wildman–Crippen MR) is 80.9 cm³/mol. The Kier molecular flexibility index (Phi) is 4.39. The molecule has 0 bridgehead atoms. The first-order chi connectivity index (χ1) is 11.0. The Balaban J connectivity index is 2.95. The number of benzene rings is 1. The van der Waals surface area contributed by atoms with Gasteiger partial charge in [-0.3, -0.25) is 4.79 Å². The Morgan fingerprint density at radius 1 is 1.25 bits per heavy atom. The van der Waals surface area contributed by atoms with Gasteiger partial charge < -0.3 is 5.84 Å². The fraction of sp³-hybridized carbons (Fsp3) is 0.154. The minimum Gasteiger partial charge on any atom is -0.335 e. The summed E-state index contributed by atoms with van der Waals surface area (Å²) >= 11 is 11.4.